The van der Waals surface area contributed by atoms with E-state index in [1.54, 1.807) is 30.3 Å². The highest BCUT2D eigenvalue weighted by molar-refractivity contribution is 5.97. The molecule has 9 heteroatoms. The molecule has 0 atom stereocenters. The summed E-state index contributed by atoms with van der Waals surface area (Å²) >= 11 is 0. The normalized spacial score (nSPS) is 10.9. The third-order valence-corrected chi connectivity index (χ3v) is 8.50. The Morgan fingerprint density at radius 2 is 1.65 bits per heavy atom. The number of amides is 3. The second-order valence-corrected chi connectivity index (χ2v) is 12.0. The molecule has 0 radical (unpaired) electrons. The number of anilines is 1. The molecule has 5 aromatic rings. The fourth-order valence-electron chi connectivity index (χ4n) is 5.66. The van der Waals surface area contributed by atoms with Crippen molar-refractivity contribution < 1.29 is 19.1 Å². The Labute approximate surface area is 281 Å². The van der Waals surface area contributed by atoms with Gasteiger partial charge in [-0.1, -0.05) is 36.4 Å². The van der Waals surface area contributed by atoms with E-state index in [0.29, 0.717) is 30.9 Å². The lowest BCUT2D eigenvalue weighted by Gasteiger charge is -2.23. The van der Waals surface area contributed by atoms with Gasteiger partial charge in [0.2, 0.25) is 11.8 Å². The highest BCUT2D eigenvalue weighted by Crippen LogP contribution is 2.30. The van der Waals surface area contributed by atoms with Crippen molar-refractivity contribution in [3.63, 3.8) is 0 Å². The second-order valence-electron chi connectivity index (χ2n) is 12.0. The van der Waals surface area contributed by atoms with E-state index in [2.05, 4.69) is 28.6 Å². The van der Waals surface area contributed by atoms with Crippen LogP contribution in [0.5, 0.6) is 5.75 Å². The van der Waals surface area contributed by atoms with E-state index in [4.69, 9.17) is 9.72 Å². The molecule has 3 aromatic carbocycles. The number of pyridine rings is 2. The number of rotatable bonds is 12. The molecular weight excluding hydrogens is 602 g/mol. The number of ether oxygens (including phenoxy) is 1. The summed E-state index contributed by atoms with van der Waals surface area (Å²) in [5.41, 5.74) is 8.90. The van der Waals surface area contributed by atoms with Crippen LogP contribution in [0.2, 0.25) is 0 Å². The van der Waals surface area contributed by atoms with Gasteiger partial charge in [-0.2, -0.15) is 0 Å². The predicted molar refractivity (Wildman–Crippen MR) is 188 cm³/mol. The van der Waals surface area contributed by atoms with Crippen LogP contribution in [-0.2, 0) is 29.2 Å². The summed E-state index contributed by atoms with van der Waals surface area (Å²) in [4.78, 5) is 48.7. The Kier molecular flexibility index (Phi) is 10.8. The number of benzene rings is 3. The van der Waals surface area contributed by atoms with Gasteiger partial charge in [-0.05, 0) is 104 Å². The average Bonchev–Trinajstić information content (AvgIpc) is 3.09. The van der Waals surface area contributed by atoms with Crippen LogP contribution in [0.1, 0.15) is 56.0 Å². The minimum atomic E-state index is -0.229. The number of likely N-dealkylation sites (N-methyl/N-ethyl adjacent to an activating group) is 1. The monoisotopic (exact) mass is 643 g/mol. The van der Waals surface area contributed by atoms with Crippen molar-refractivity contribution in [3.05, 3.63) is 130 Å². The number of nitrogens with zero attached hydrogens (tertiary/aromatic N) is 3. The number of hydrogen-bond donors (Lipinski definition) is 2. The highest BCUT2D eigenvalue weighted by Gasteiger charge is 2.18. The Morgan fingerprint density at radius 1 is 0.854 bits per heavy atom. The first-order valence-corrected chi connectivity index (χ1v) is 16.0. The summed E-state index contributed by atoms with van der Waals surface area (Å²) in [6.07, 6.45) is 2.39. The molecule has 0 aliphatic heterocycles. The summed E-state index contributed by atoms with van der Waals surface area (Å²) in [6.45, 7) is 8.61. The molecule has 0 aliphatic carbocycles. The SMILES string of the molecule is Cc1cc(C)c2cccc(OCc3c(C)ccc(N(C)C(=O)CNC(=O)CCc4ccc(C(=O)NCc5ccccn5)cc4)c3C)c2n1. The number of aryl methyl sites for hydroxylation is 4. The smallest absolute Gasteiger partial charge is 0.251 e. The van der Waals surface area contributed by atoms with Gasteiger partial charge < -0.3 is 20.3 Å². The van der Waals surface area contributed by atoms with E-state index in [-0.39, 0.29) is 30.7 Å². The van der Waals surface area contributed by atoms with Gasteiger partial charge in [0.05, 0.1) is 18.8 Å². The van der Waals surface area contributed by atoms with E-state index in [1.807, 2.05) is 81.4 Å². The van der Waals surface area contributed by atoms with Crippen molar-refractivity contribution >= 4 is 34.3 Å². The van der Waals surface area contributed by atoms with Gasteiger partial charge in [-0.3, -0.25) is 19.4 Å². The molecule has 0 bridgehead atoms. The molecule has 2 heterocycles. The molecule has 9 nitrogen and oxygen atoms in total. The first-order valence-electron chi connectivity index (χ1n) is 16.0. The lowest BCUT2D eigenvalue weighted by atomic mass is 10.0. The highest BCUT2D eigenvalue weighted by atomic mass is 16.5. The molecule has 48 heavy (non-hydrogen) atoms. The first-order chi connectivity index (χ1) is 23.1. The van der Waals surface area contributed by atoms with Crippen LogP contribution >= 0.6 is 0 Å². The van der Waals surface area contributed by atoms with Gasteiger partial charge in [-0.25, -0.2) is 4.98 Å². The van der Waals surface area contributed by atoms with Crippen LogP contribution in [0.15, 0.2) is 85.1 Å². The summed E-state index contributed by atoms with van der Waals surface area (Å²) in [5.74, 6) is 0.0715. The van der Waals surface area contributed by atoms with Crippen molar-refractivity contribution in [3.8, 4) is 5.75 Å². The zero-order valence-corrected chi connectivity index (χ0v) is 28.1. The number of para-hydroxylation sites is 1. The Hall–Kier alpha value is -5.57. The number of nitrogens with one attached hydrogen (secondary N) is 2. The molecule has 2 N–H and O–H groups in total. The van der Waals surface area contributed by atoms with E-state index in [0.717, 1.165) is 55.8 Å². The van der Waals surface area contributed by atoms with Crippen LogP contribution in [0.4, 0.5) is 5.69 Å². The third kappa shape index (κ3) is 8.22. The molecule has 0 saturated heterocycles. The molecule has 2 aromatic heterocycles. The maximum atomic E-state index is 13.1. The molecule has 0 fully saturated rings. The maximum Gasteiger partial charge on any atom is 0.251 e. The standard InChI is InChI=1S/C39H41N5O4/c1-25-12-18-34(28(4)33(25)24-48-35-11-8-10-32-26(2)21-27(3)43-38(32)35)44(5)37(46)23-41-36(45)19-15-29-13-16-30(17-14-29)39(47)42-22-31-9-6-7-20-40-31/h6-14,16-18,20-21H,15,19,22-24H2,1-5H3,(H,41,45)(H,42,47). The van der Waals surface area contributed by atoms with Crippen LogP contribution in [0.3, 0.4) is 0 Å². The minimum absolute atomic E-state index is 0.121. The Balaban J connectivity index is 1.12. The minimum Gasteiger partial charge on any atom is -0.487 e. The molecule has 3 amide bonds. The lowest BCUT2D eigenvalue weighted by Crippen LogP contribution is -2.38. The lowest BCUT2D eigenvalue weighted by molar-refractivity contribution is -0.124. The summed E-state index contributed by atoms with van der Waals surface area (Å²) in [7, 11) is 1.71. The van der Waals surface area contributed by atoms with Gasteiger partial charge >= 0.3 is 0 Å². The first kappa shape index (κ1) is 33.8. The van der Waals surface area contributed by atoms with Gasteiger partial charge in [-0.15, -0.1) is 0 Å². The topological polar surface area (TPSA) is 114 Å². The van der Waals surface area contributed by atoms with Gasteiger partial charge in [0, 0.05) is 42.0 Å². The number of hydrogen-bond acceptors (Lipinski definition) is 6. The number of carbonyl (C=O) groups excluding carboxylic acids is 3. The molecule has 0 aliphatic rings. The van der Waals surface area contributed by atoms with Crippen molar-refractivity contribution in [1.82, 2.24) is 20.6 Å². The van der Waals surface area contributed by atoms with Crippen LogP contribution in [0.25, 0.3) is 10.9 Å². The molecule has 5 rings (SSSR count). The molecule has 0 spiro atoms. The van der Waals surface area contributed by atoms with E-state index < -0.39 is 0 Å². The summed E-state index contributed by atoms with van der Waals surface area (Å²) in [5, 5.41) is 6.66. The van der Waals surface area contributed by atoms with Crippen LogP contribution in [0, 0.1) is 27.7 Å². The largest absolute Gasteiger partial charge is 0.487 e. The zero-order chi connectivity index (χ0) is 34.2. The predicted octanol–water partition coefficient (Wildman–Crippen LogP) is 6.08. The molecule has 0 saturated carbocycles. The third-order valence-electron chi connectivity index (χ3n) is 8.50. The van der Waals surface area contributed by atoms with Gasteiger partial charge in [0.1, 0.15) is 17.9 Å². The average molecular weight is 644 g/mol. The second kappa shape index (κ2) is 15.3. The van der Waals surface area contributed by atoms with Crippen LogP contribution < -0.4 is 20.3 Å². The Morgan fingerprint density at radius 3 is 2.40 bits per heavy atom. The van der Waals surface area contributed by atoms with Gasteiger partial charge in [0.15, 0.2) is 0 Å². The van der Waals surface area contributed by atoms with E-state index in [1.165, 1.54) is 0 Å². The number of fused-ring (bicyclic) bond motifs is 1. The van der Waals surface area contributed by atoms with Crippen molar-refractivity contribution in [2.24, 2.45) is 0 Å². The summed E-state index contributed by atoms with van der Waals surface area (Å²) < 4.78 is 6.32. The van der Waals surface area contributed by atoms with Crippen molar-refractivity contribution in [2.75, 3.05) is 18.5 Å². The van der Waals surface area contributed by atoms with Gasteiger partial charge in [0.25, 0.3) is 5.91 Å². The molecule has 0 unspecified atom stereocenters. The Bertz CT molecular complexity index is 1940. The summed E-state index contributed by atoms with van der Waals surface area (Å²) in [6, 6.07) is 24.6. The van der Waals surface area contributed by atoms with Crippen LogP contribution in [-0.4, -0.2) is 41.3 Å². The van der Waals surface area contributed by atoms with Crippen molar-refractivity contribution in [1.29, 1.82) is 0 Å². The number of carbonyl (C=O) groups is 3. The van der Waals surface area contributed by atoms with Crippen molar-refractivity contribution in [2.45, 2.75) is 53.7 Å². The number of aromatic nitrogens is 2. The fraction of sp³-hybridized carbons (Fsp3) is 0.256. The molecule has 246 valence electrons. The van der Waals surface area contributed by atoms with E-state index in [9.17, 15) is 14.4 Å². The van der Waals surface area contributed by atoms with E-state index >= 15 is 0 Å². The fourth-order valence-corrected chi connectivity index (χ4v) is 5.66. The zero-order valence-electron chi connectivity index (χ0n) is 28.1. The molecular formula is C39H41N5O4. The quantitative estimate of drug-likeness (QED) is 0.170. The maximum absolute atomic E-state index is 13.1.